The molecule has 0 aliphatic carbocycles. The van der Waals surface area contributed by atoms with Gasteiger partial charge in [-0.15, -0.1) is 11.3 Å². The van der Waals surface area contributed by atoms with E-state index in [0.717, 1.165) is 21.7 Å². The minimum Gasteiger partial charge on any atom is -0.484 e. The fourth-order valence-electron chi connectivity index (χ4n) is 3.32. The Hall–Kier alpha value is -2.45. The van der Waals surface area contributed by atoms with E-state index in [1.165, 1.54) is 11.3 Å². The van der Waals surface area contributed by atoms with Crippen LogP contribution in [0.5, 0.6) is 5.75 Å². The quantitative estimate of drug-likeness (QED) is 0.623. The van der Waals surface area contributed by atoms with Gasteiger partial charge in [-0.1, -0.05) is 28.1 Å². The summed E-state index contributed by atoms with van der Waals surface area (Å²) in [5, 5.41) is 7.24. The van der Waals surface area contributed by atoms with Crippen LogP contribution in [0.25, 0.3) is 10.8 Å². The van der Waals surface area contributed by atoms with Crippen molar-refractivity contribution < 1.29 is 14.3 Å². The molecule has 1 unspecified atom stereocenters. The van der Waals surface area contributed by atoms with Gasteiger partial charge in [-0.2, -0.15) is 0 Å². The number of carbonyl (C=O) groups excluding carboxylic acids is 2. The molecule has 4 rings (SSSR count). The molecule has 0 saturated carbocycles. The molecule has 1 aromatic heterocycles. The van der Waals surface area contributed by atoms with Gasteiger partial charge in [-0.05, 0) is 47.9 Å². The molecule has 1 aliphatic rings. The minimum absolute atomic E-state index is 0.0942. The van der Waals surface area contributed by atoms with Crippen molar-refractivity contribution in [3.05, 3.63) is 52.4 Å². The first kappa shape index (κ1) is 18.9. The van der Waals surface area contributed by atoms with Crippen molar-refractivity contribution in [2.75, 3.05) is 18.5 Å². The van der Waals surface area contributed by atoms with E-state index >= 15 is 0 Å². The summed E-state index contributed by atoms with van der Waals surface area (Å²) in [7, 11) is 0. The zero-order valence-corrected chi connectivity index (χ0v) is 17.3. The molecule has 1 N–H and O–H groups in total. The number of nitrogens with one attached hydrogen (secondary N) is 1. The first-order valence-electron chi connectivity index (χ1n) is 8.92. The third-order valence-corrected chi connectivity index (χ3v) is 5.86. The first-order valence-corrected chi connectivity index (χ1v) is 10.6. The molecular weight excluding hydrogens is 442 g/mol. The van der Waals surface area contributed by atoms with Crippen LogP contribution in [-0.2, 0) is 9.59 Å². The molecule has 3 aromatic rings. The molecule has 1 aliphatic heterocycles. The third-order valence-electron chi connectivity index (χ3n) is 4.67. The van der Waals surface area contributed by atoms with Crippen LogP contribution in [0, 0.1) is 0 Å². The van der Waals surface area contributed by atoms with E-state index in [0.29, 0.717) is 23.8 Å². The summed E-state index contributed by atoms with van der Waals surface area (Å²) < 4.78 is 6.72. The molecule has 8 heteroatoms. The summed E-state index contributed by atoms with van der Waals surface area (Å²) in [4.78, 5) is 30.8. The molecule has 6 nitrogen and oxygen atoms in total. The lowest BCUT2D eigenvalue weighted by molar-refractivity contribution is -0.138. The number of fused-ring (bicyclic) bond motifs is 1. The zero-order chi connectivity index (χ0) is 19.5. The number of halogens is 1. The number of rotatable bonds is 5. The monoisotopic (exact) mass is 459 g/mol. The second-order valence-electron chi connectivity index (χ2n) is 6.51. The number of benzene rings is 2. The summed E-state index contributed by atoms with van der Waals surface area (Å²) in [5.74, 6) is 0.246. The average Bonchev–Trinajstić information content (AvgIpc) is 3.37. The Bertz CT molecular complexity index is 1010. The molecule has 1 fully saturated rings. The van der Waals surface area contributed by atoms with E-state index in [9.17, 15) is 9.59 Å². The predicted molar refractivity (Wildman–Crippen MR) is 113 cm³/mol. The summed E-state index contributed by atoms with van der Waals surface area (Å²) in [6.45, 7) is 0.465. The van der Waals surface area contributed by atoms with Crippen LogP contribution < -0.4 is 10.1 Å². The van der Waals surface area contributed by atoms with Gasteiger partial charge >= 0.3 is 0 Å². The standard InChI is InChI=1S/C20H18BrN3O3S/c21-15-5-3-14-11-16(6-4-13(14)10-15)27-12-18(25)24-8-1-2-17(24)19(26)23-20-22-7-9-28-20/h3-7,9-11,17H,1-2,8,12H2,(H,22,23,26). The lowest BCUT2D eigenvalue weighted by Gasteiger charge is -2.23. The number of aromatic nitrogens is 1. The number of amides is 2. The van der Waals surface area contributed by atoms with E-state index in [2.05, 4.69) is 26.2 Å². The normalized spacial score (nSPS) is 16.3. The van der Waals surface area contributed by atoms with Crippen molar-refractivity contribution in [1.82, 2.24) is 9.88 Å². The zero-order valence-electron chi connectivity index (χ0n) is 14.9. The van der Waals surface area contributed by atoms with Crippen LogP contribution in [0.3, 0.4) is 0 Å². The van der Waals surface area contributed by atoms with Crippen LogP contribution in [0.15, 0.2) is 52.4 Å². The van der Waals surface area contributed by atoms with Crippen LogP contribution in [0.4, 0.5) is 5.13 Å². The van der Waals surface area contributed by atoms with Gasteiger partial charge in [0.05, 0.1) is 0 Å². The third kappa shape index (κ3) is 4.18. The van der Waals surface area contributed by atoms with Crippen LogP contribution in [0.2, 0.25) is 0 Å². The maximum Gasteiger partial charge on any atom is 0.261 e. The Labute approximate surface area is 174 Å². The molecule has 28 heavy (non-hydrogen) atoms. The molecule has 144 valence electrons. The highest BCUT2D eigenvalue weighted by molar-refractivity contribution is 9.10. The van der Waals surface area contributed by atoms with Gasteiger partial charge in [0, 0.05) is 22.6 Å². The van der Waals surface area contributed by atoms with Crippen molar-refractivity contribution in [3.8, 4) is 5.75 Å². The maximum absolute atomic E-state index is 12.6. The van der Waals surface area contributed by atoms with Crippen molar-refractivity contribution in [1.29, 1.82) is 0 Å². The van der Waals surface area contributed by atoms with E-state index in [4.69, 9.17) is 4.74 Å². The molecular formula is C20H18BrN3O3S. The largest absolute Gasteiger partial charge is 0.484 e. The minimum atomic E-state index is -0.478. The predicted octanol–water partition coefficient (Wildman–Crippen LogP) is 4.07. The Morgan fingerprint density at radius 3 is 2.89 bits per heavy atom. The van der Waals surface area contributed by atoms with Crippen LogP contribution in [0.1, 0.15) is 12.8 Å². The number of nitrogens with zero attached hydrogens (tertiary/aromatic N) is 2. The van der Waals surface area contributed by atoms with Crippen LogP contribution in [-0.4, -0.2) is 40.9 Å². The second-order valence-corrected chi connectivity index (χ2v) is 8.32. The van der Waals surface area contributed by atoms with E-state index in [-0.39, 0.29) is 18.4 Å². The SMILES string of the molecule is O=C(Nc1nccs1)C1CCCN1C(=O)COc1ccc2cc(Br)ccc2c1. The number of hydrogen-bond donors (Lipinski definition) is 1. The number of likely N-dealkylation sites (tertiary alicyclic amines) is 1. The van der Waals surface area contributed by atoms with E-state index in [1.54, 1.807) is 16.5 Å². The van der Waals surface area contributed by atoms with Crippen molar-refractivity contribution >= 4 is 55.0 Å². The second kappa shape index (κ2) is 8.28. The molecule has 0 bridgehead atoms. The molecule has 0 radical (unpaired) electrons. The smallest absolute Gasteiger partial charge is 0.261 e. The Morgan fingerprint density at radius 2 is 2.07 bits per heavy atom. The summed E-state index contributed by atoms with van der Waals surface area (Å²) in [6.07, 6.45) is 3.08. The van der Waals surface area contributed by atoms with E-state index in [1.807, 2.05) is 36.4 Å². The Morgan fingerprint density at radius 1 is 1.25 bits per heavy atom. The topological polar surface area (TPSA) is 71.5 Å². The number of hydrogen-bond acceptors (Lipinski definition) is 5. The van der Waals surface area contributed by atoms with Crippen LogP contribution >= 0.6 is 27.3 Å². The molecule has 2 amide bonds. The molecule has 1 atom stereocenters. The molecule has 2 aromatic carbocycles. The number of thiazole rings is 1. The summed E-state index contributed by atoms with van der Waals surface area (Å²) in [6, 6.07) is 11.2. The highest BCUT2D eigenvalue weighted by Gasteiger charge is 2.34. The van der Waals surface area contributed by atoms with Gasteiger partial charge in [0.1, 0.15) is 11.8 Å². The average molecular weight is 460 g/mol. The van der Waals surface area contributed by atoms with Gasteiger partial charge < -0.3 is 15.0 Å². The molecule has 0 spiro atoms. The molecule has 2 heterocycles. The first-order chi connectivity index (χ1) is 13.6. The van der Waals surface area contributed by atoms with Gasteiger partial charge in [-0.3, -0.25) is 9.59 Å². The fraction of sp³-hybridized carbons (Fsp3) is 0.250. The Balaban J connectivity index is 1.38. The maximum atomic E-state index is 12.6. The van der Waals surface area contributed by atoms with Crippen molar-refractivity contribution in [2.45, 2.75) is 18.9 Å². The lowest BCUT2D eigenvalue weighted by Crippen LogP contribution is -2.45. The highest BCUT2D eigenvalue weighted by Crippen LogP contribution is 2.25. The fourth-order valence-corrected chi connectivity index (χ4v) is 4.23. The number of carbonyl (C=O) groups is 2. The summed E-state index contributed by atoms with van der Waals surface area (Å²) in [5.41, 5.74) is 0. The lowest BCUT2D eigenvalue weighted by atomic mass is 10.1. The summed E-state index contributed by atoms with van der Waals surface area (Å²) >= 11 is 4.81. The van der Waals surface area contributed by atoms with Gasteiger partial charge in [-0.25, -0.2) is 4.98 Å². The van der Waals surface area contributed by atoms with Crippen molar-refractivity contribution in [2.24, 2.45) is 0 Å². The van der Waals surface area contributed by atoms with Gasteiger partial charge in [0.25, 0.3) is 5.91 Å². The number of anilines is 1. The number of ether oxygens (including phenoxy) is 1. The van der Waals surface area contributed by atoms with Gasteiger partial charge in [0.2, 0.25) is 5.91 Å². The van der Waals surface area contributed by atoms with Crippen molar-refractivity contribution in [3.63, 3.8) is 0 Å². The highest BCUT2D eigenvalue weighted by atomic mass is 79.9. The van der Waals surface area contributed by atoms with Gasteiger partial charge in [0.15, 0.2) is 11.7 Å². The van der Waals surface area contributed by atoms with E-state index < -0.39 is 6.04 Å². The molecule has 1 saturated heterocycles. The Kier molecular flexibility index (Phi) is 5.59.